The van der Waals surface area contributed by atoms with E-state index in [4.69, 9.17) is 9.15 Å². The molecule has 0 aliphatic carbocycles. The molecule has 0 saturated carbocycles. The van der Waals surface area contributed by atoms with Gasteiger partial charge in [-0.2, -0.15) is 8.42 Å². The Balaban J connectivity index is 1.67. The summed E-state index contributed by atoms with van der Waals surface area (Å²) >= 11 is 1.24. The Hall–Kier alpha value is -4.20. The number of furan rings is 1. The summed E-state index contributed by atoms with van der Waals surface area (Å²) in [6, 6.07) is 18.4. The lowest BCUT2D eigenvalue weighted by molar-refractivity contribution is -0.123. The molecule has 0 aliphatic heterocycles. The molecule has 39 heavy (non-hydrogen) atoms. The number of aromatic nitrogens is 1. The van der Waals surface area contributed by atoms with E-state index in [1.165, 1.54) is 36.8 Å². The molecule has 0 saturated heterocycles. The van der Waals surface area contributed by atoms with Gasteiger partial charge in [0, 0.05) is 11.8 Å². The number of thiazole rings is 1. The number of hydrogen-bond donors (Lipinski definition) is 3. The zero-order chi connectivity index (χ0) is 27.8. The Bertz CT molecular complexity index is 1480. The molecule has 3 N–H and O–H groups in total. The summed E-state index contributed by atoms with van der Waals surface area (Å²) in [6.07, 6.45) is 0.835. The highest BCUT2D eigenvalue weighted by atomic mass is 32.2. The maximum Gasteiger partial charge on any atom is 0.407 e. The molecule has 11 nitrogen and oxygen atoms in total. The van der Waals surface area contributed by atoms with Gasteiger partial charge < -0.3 is 19.8 Å². The molecule has 0 unspecified atom stereocenters. The topological polar surface area (TPSA) is 151 Å². The first-order chi connectivity index (χ1) is 18.7. The molecule has 0 spiro atoms. The molecular weight excluding hydrogens is 544 g/mol. The fourth-order valence-electron chi connectivity index (χ4n) is 3.80. The quantitative estimate of drug-likeness (QED) is 0.230. The third-order valence-corrected chi connectivity index (χ3v) is 7.47. The molecule has 0 bridgehead atoms. The van der Waals surface area contributed by atoms with Gasteiger partial charge in [-0.1, -0.05) is 48.5 Å². The second-order valence-corrected chi connectivity index (χ2v) is 10.5. The van der Waals surface area contributed by atoms with Crippen LogP contribution in [0.4, 0.5) is 10.5 Å². The maximum absolute atomic E-state index is 13.5. The van der Waals surface area contributed by atoms with Crippen molar-refractivity contribution in [3.05, 3.63) is 95.7 Å². The molecule has 0 radical (unpaired) electrons. The van der Waals surface area contributed by atoms with E-state index in [0.717, 1.165) is 9.87 Å². The smallest absolute Gasteiger partial charge is 0.407 e. The van der Waals surface area contributed by atoms with Crippen LogP contribution in [-0.4, -0.2) is 49.7 Å². The van der Waals surface area contributed by atoms with E-state index < -0.39 is 34.4 Å². The van der Waals surface area contributed by atoms with Crippen molar-refractivity contribution < 1.29 is 31.7 Å². The molecule has 0 fully saturated rings. The van der Waals surface area contributed by atoms with Crippen LogP contribution in [0.5, 0.6) is 0 Å². The highest BCUT2D eigenvalue weighted by Gasteiger charge is 2.30. The Morgan fingerprint density at radius 1 is 1.05 bits per heavy atom. The zero-order valence-electron chi connectivity index (χ0n) is 20.8. The lowest BCUT2D eigenvalue weighted by Crippen LogP contribution is -2.50. The van der Waals surface area contributed by atoms with Gasteiger partial charge in [0.05, 0.1) is 37.3 Å². The van der Waals surface area contributed by atoms with Crippen LogP contribution in [0.1, 0.15) is 17.3 Å². The summed E-state index contributed by atoms with van der Waals surface area (Å²) < 4.78 is 45.7. The number of carbonyl (C=O) groups excluding carboxylic acids is 2. The van der Waals surface area contributed by atoms with Crippen molar-refractivity contribution in [2.45, 2.75) is 18.5 Å². The second kappa shape index (κ2) is 12.6. The van der Waals surface area contributed by atoms with Crippen molar-refractivity contribution in [2.24, 2.45) is 0 Å². The first-order valence-corrected chi connectivity index (χ1v) is 14.0. The standard InChI is InChI=1S/C26H26N4O7S2/c1-36-26(32)29-20(15-18-9-4-2-5-10-18)24(31)27-21(22-17-38-25(28-22)23-13-8-14-37-23)16-30(39(33,34)35)19-11-6-3-7-12-19/h2-14,17,20-21H,15-16H2,1H3,(H,27,31)(H,29,32)(H,33,34,35)/t20-,21-/m0/s1. The van der Waals surface area contributed by atoms with Gasteiger partial charge in [-0.3, -0.25) is 9.35 Å². The fraction of sp³-hybridized carbons (Fsp3) is 0.192. The first kappa shape index (κ1) is 27.8. The van der Waals surface area contributed by atoms with Crippen LogP contribution in [0.15, 0.2) is 88.9 Å². The lowest BCUT2D eigenvalue weighted by atomic mass is 10.0. The number of anilines is 1. The van der Waals surface area contributed by atoms with Crippen LogP contribution in [-0.2, 0) is 26.3 Å². The van der Waals surface area contributed by atoms with Gasteiger partial charge in [0.15, 0.2) is 10.8 Å². The van der Waals surface area contributed by atoms with Crippen LogP contribution < -0.4 is 14.9 Å². The molecule has 2 amide bonds. The average molecular weight is 571 g/mol. The van der Waals surface area contributed by atoms with Crippen molar-refractivity contribution >= 4 is 39.3 Å². The minimum atomic E-state index is -4.74. The Morgan fingerprint density at radius 2 is 1.74 bits per heavy atom. The predicted octanol–water partition coefficient (Wildman–Crippen LogP) is 3.84. The van der Waals surface area contributed by atoms with Crippen molar-refractivity contribution in [2.75, 3.05) is 18.0 Å². The van der Waals surface area contributed by atoms with Gasteiger partial charge in [-0.15, -0.1) is 11.3 Å². The summed E-state index contributed by atoms with van der Waals surface area (Å²) in [5.74, 6) is -0.106. The molecule has 2 aromatic carbocycles. The number of methoxy groups -OCH3 is 1. The molecular formula is C26H26N4O7S2. The normalized spacial score (nSPS) is 12.8. The Morgan fingerprint density at radius 3 is 2.36 bits per heavy atom. The first-order valence-electron chi connectivity index (χ1n) is 11.7. The van der Waals surface area contributed by atoms with Gasteiger partial charge in [-0.25, -0.2) is 14.1 Å². The number of benzene rings is 2. The van der Waals surface area contributed by atoms with Gasteiger partial charge in [-0.05, 0) is 29.8 Å². The SMILES string of the molecule is COC(=O)N[C@@H](Cc1ccccc1)C(=O)N[C@@H](CN(c1ccccc1)S(=O)(=O)O)c1csc(-c2ccco2)n1. The van der Waals surface area contributed by atoms with E-state index in [2.05, 4.69) is 15.6 Å². The van der Waals surface area contributed by atoms with E-state index in [9.17, 15) is 22.6 Å². The molecule has 4 rings (SSSR count). The van der Waals surface area contributed by atoms with E-state index in [0.29, 0.717) is 16.5 Å². The van der Waals surface area contributed by atoms with Crippen molar-refractivity contribution in [3.8, 4) is 10.8 Å². The largest absolute Gasteiger partial charge is 0.462 e. The number of nitrogens with zero attached hydrogens (tertiary/aromatic N) is 2. The monoisotopic (exact) mass is 570 g/mol. The molecule has 204 valence electrons. The van der Waals surface area contributed by atoms with Crippen LogP contribution in [0, 0.1) is 0 Å². The van der Waals surface area contributed by atoms with Gasteiger partial charge >= 0.3 is 16.4 Å². The molecule has 13 heteroatoms. The number of alkyl carbamates (subject to hydrolysis) is 1. The number of para-hydroxylation sites is 1. The summed E-state index contributed by atoms with van der Waals surface area (Å²) in [4.78, 5) is 30.1. The number of amides is 2. The molecule has 4 aromatic rings. The molecule has 2 atom stereocenters. The summed E-state index contributed by atoms with van der Waals surface area (Å²) in [5.41, 5.74) is 1.30. The fourth-order valence-corrected chi connectivity index (χ4v) is 5.36. The third kappa shape index (κ3) is 7.44. The van der Waals surface area contributed by atoms with E-state index >= 15 is 0 Å². The van der Waals surface area contributed by atoms with E-state index in [-0.39, 0.29) is 18.7 Å². The van der Waals surface area contributed by atoms with Crippen LogP contribution >= 0.6 is 11.3 Å². The Labute approximate surface area is 229 Å². The van der Waals surface area contributed by atoms with Crippen molar-refractivity contribution in [1.29, 1.82) is 0 Å². The Kier molecular flexibility index (Phi) is 8.96. The third-order valence-electron chi connectivity index (χ3n) is 5.68. The van der Waals surface area contributed by atoms with Gasteiger partial charge in [0.2, 0.25) is 5.91 Å². The summed E-state index contributed by atoms with van der Waals surface area (Å²) in [6.45, 7) is -0.383. The lowest BCUT2D eigenvalue weighted by Gasteiger charge is -2.28. The number of hydrogen-bond acceptors (Lipinski definition) is 8. The number of nitrogens with one attached hydrogen (secondary N) is 2. The van der Waals surface area contributed by atoms with Crippen molar-refractivity contribution in [3.63, 3.8) is 0 Å². The molecule has 2 aromatic heterocycles. The summed E-state index contributed by atoms with van der Waals surface area (Å²) in [5, 5.41) is 7.51. The average Bonchev–Trinajstić information content (AvgIpc) is 3.63. The minimum absolute atomic E-state index is 0.143. The number of ether oxygens (including phenoxy) is 1. The van der Waals surface area contributed by atoms with Gasteiger partial charge in [0.1, 0.15) is 6.04 Å². The van der Waals surface area contributed by atoms with E-state index in [1.807, 2.05) is 18.2 Å². The van der Waals surface area contributed by atoms with Gasteiger partial charge in [0.25, 0.3) is 0 Å². The highest BCUT2D eigenvalue weighted by molar-refractivity contribution is 7.87. The van der Waals surface area contributed by atoms with Crippen LogP contribution in [0.3, 0.4) is 0 Å². The summed E-state index contributed by atoms with van der Waals surface area (Å²) in [7, 11) is -3.55. The second-order valence-electron chi connectivity index (χ2n) is 8.34. The molecule has 0 aliphatic rings. The maximum atomic E-state index is 13.5. The van der Waals surface area contributed by atoms with E-state index in [1.54, 1.807) is 47.8 Å². The number of carbonyl (C=O) groups is 2. The predicted molar refractivity (Wildman–Crippen MR) is 146 cm³/mol. The van der Waals surface area contributed by atoms with Crippen LogP contribution in [0.25, 0.3) is 10.8 Å². The van der Waals surface area contributed by atoms with Crippen LogP contribution in [0.2, 0.25) is 0 Å². The number of rotatable bonds is 11. The minimum Gasteiger partial charge on any atom is -0.462 e. The zero-order valence-corrected chi connectivity index (χ0v) is 22.4. The highest BCUT2D eigenvalue weighted by Crippen LogP contribution is 2.28. The molecule has 2 heterocycles. The van der Waals surface area contributed by atoms with Crippen molar-refractivity contribution in [1.82, 2.24) is 15.6 Å².